The van der Waals surface area contributed by atoms with Crippen LogP contribution in [0.15, 0.2) is 37.7 Å². The number of fused-ring (bicyclic) bond motifs is 2. The summed E-state index contributed by atoms with van der Waals surface area (Å²) in [4.78, 5) is 0. The quantitative estimate of drug-likeness (QED) is 0.359. The van der Waals surface area contributed by atoms with Crippen LogP contribution in [0.5, 0.6) is 23.0 Å². The molecule has 0 unspecified atom stereocenters. The van der Waals surface area contributed by atoms with E-state index in [2.05, 4.69) is 47.8 Å². The normalized spacial score (nSPS) is 12.2. The molecule has 1 heterocycles. The van der Waals surface area contributed by atoms with Gasteiger partial charge in [-0.1, -0.05) is 27.5 Å². The molecule has 0 saturated carbocycles. The summed E-state index contributed by atoms with van der Waals surface area (Å²) < 4.78 is 13.9. The Labute approximate surface area is 134 Å². The van der Waals surface area contributed by atoms with Crippen molar-refractivity contribution in [1.29, 1.82) is 0 Å². The second-order valence-corrected chi connectivity index (χ2v) is 6.55. The molecule has 1 aliphatic rings. The number of hydrogen-bond donors (Lipinski definition) is 0. The highest BCUT2D eigenvalue weighted by Crippen LogP contribution is 2.52. The number of rotatable bonds is 0. The van der Waals surface area contributed by atoms with Gasteiger partial charge in [0.2, 0.25) is 0 Å². The average Bonchev–Trinajstić information content (AvgIpc) is 2.34. The molecule has 2 aromatic carbocycles. The Balaban J connectivity index is 2.16. The van der Waals surface area contributed by atoms with Crippen molar-refractivity contribution in [2.24, 2.45) is 0 Å². The fourth-order valence-corrected chi connectivity index (χ4v) is 3.24. The van der Waals surface area contributed by atoms with Crippen LogP contribution in [0, 0.1) is 0 Å². The molecular formula is C12H4Br3ClO2. The van der Waals surface area contributed by atoms with E-state index in [-0.39, 0.29) is 0 Å². The number of hydrogen-bond acceptors (Lipinski definition) is 2. The van der Waals surface area contributed by atoms with E-state index in [1.807, 2.05) is 18.2 Å². The molecule has 0 N–H and O–H groups in total. The lowest BCUT2D eigenvalue weighted by Gasteiger charge is -2.22. The van der Waals surface area contributed by atoms with E-state index in [4.69, 9.17) is 21.1 Å². The van der Waals surface area contributed by atoms with Gasteiger partial charge in [0.15, 0.2) is 23.0 Å². The standard InChI is InChI=1S/C12H4Br3ClO2/c13-5-1-2-7-8(3-5)17-9-4-6(14)11(16)10(15)12(9)18-7/h1-4H. The van der Waals surface area contributed by atoms with Crippen LogP contribution in [0.1, 0.15) is 0 Å². The molecule has 6 heteroatoms. The first-order valence-corrected chi connectivity index (χ1v) is 7.64. The summed E-state index contributed by atoms with van der Waals surface area (Å²) in [5.74, 6) is 2.52. The molecule has 3 rings (SSSR count). The van der Waals surface area contributed by atoms with Crippen LogP contribution in [-0.4, -0.2) is 0 Å². The minimum atomic E-state index is 0.554. The summed E-state index contributed by atoms with van der Waals surface area (Å²) in [6.45, 7) is 0. The molecule has 0 saturated heterocycles. The summed E-state index contributed by atoms with van der Waals surface area (Å²) in [6, 6.07) is 7.37. The van der Waals surface area contributed by atoms with Gasteiger partial charge in [-0.05, 0) is 50.1 Å². The highest BCUT2D eigenvalue weighted by atomic mass is 79.9. The van der Waals surface area contributed by atoms with Gasteiger partial charge >= 0.3 is 0 Å². The summed E-state index contributed by atoms with van der Waals surface area (Å²) in [6.07, 6.45) is 0. The molecule has 0 bridgehead atoms. The SMILES string of the molecule is Clc1c(Br)cc2c(c1Br)Oc1ccc(Br)cc1O2. The first-order chi connectivity index (χ1) is 8.56. The van der Waals surface area contributed by atoms with Crippen molar-refractivity contribution in [2.45, 2.75) is 0 Å². The van der Waals surface area contributed by atoms with Gasteiger partial charge in [-0.25, -0.2) is 0 Å². The molecule has 18 heavy (non-hydrogen) atoms. The molecule has 0 aromatic heterocycles. The van der Waals surface area contributed by atoms with Gasteiger partial charge in [-0.15, -0.1) is 0 Å². The van der Waals surface area contributed by atoms with Crippen LogP contribution in [0.4, 0.5) is 0 Å². The second kappa shape index (κ2) is 4.71. The van der Waals surface area contributed by atoms with Crippen molar-refractivity contribution in [3.8, 4) is 23.0 Å². The van der Waals surface area contributed by atoms with Crippen LogP contribution < -0.4 is 9.47 Å². The predicted octanol–water partition coefficient (Wildman–Crippen LogP) is 6.53. The number of benzene rings is 2. The monoisotopic (exact) mass is 452 g/mol. The van der Waals surface area contributed by atoms with Crippen LogP contribution >= 0.6 is 59.4 Å². The topological polar surface area (TPSA) is 18.5 Å². The van der Waals surface area contributed by atoms with E-state index in [0.717, 1.165) is 8.95 Å². The van der Waals surface area contributed by atoms with Gasteiger partial charge in [-0.3, -0.25) is 0 Å². The predicted molar refractivity (Wildman–Crippen MR) is 81.1 cm³/mol. The largest absolute Gasteiger partial charge is 0.449 e. The summed E-state index contributed by atoms with van der Waals surface area (Å²) >= 11 is 16.3. The molecule has 1 aliphatic heterocycles. The first-order valence-electron chi connectivity index (χ1n) is 4.89. The highest BCUT2D eigenvalue weighted by molar-refractivity contribution is 9.11. The summed E-state index contributed by atoms with van der Waals surface area (Å²) in [5.41, 5.74) is 0. The Kier molecular flexibility index (Phi) is 3.34. The lowest BCUT2D eigenvalue weighted by molar-refractivity contribution is 0.357. The minimum Gasteiger partial charge on any atom is -0.449 e. The van der Waals surface area contributed by atoms with Gasteiger partial charge in [0, 0.05) is 15.0 Å². The number of ether oxygens (including phenoxy) is 2. The Morgan fingerprint density at radius 1 is 0.889 bits per heavy atom. The van der Waals surface area contributed by atoms with Gasteiger partial charge < -0.3 is 9.47 Å². The van der Waals surface area contributed by atoms with Crippen LogP contribution in [0.25, 0.3) is 0 Å². The summed E-state index contributed by atoms with van der Waals surface area (Å²) in [7, 11) is 0. The molecule has 2 aromatic rings. The zero-order valence-electron chi connectivity index (χ0n) is 8.64. The molecule has 0 spiro atoms. The van der Waals surface area contributed by atoms with Crippen LogP contribution in [0.2, 0.25) is 5.02 Å². The summed E-state index contributed by atoms with van der Waals surface area (Å²) in [5, 5.41) is 0.554. The van der Waals surface area contributed by atoms with Crippen molar-refractivity contribution in [1.82, 2.24) is 0 Å². The molecule has 92 valence electrons. The Hall–Kier alpha value is -0.230. The van der Waals surface area contributed by atoms with Crippen LogP contribution in [0.3, 0.4) is 0 Å². The Morgan fingerprint density at radius 3 is 2.44 bits per heavy atom. The Bertz CT molecular complexity index is 658. The zero-order chi connectivity index (χ0) is 12.9. The van der Waals surface area contributed by atoms with Crippen molar-refractivity contribution < 1.29 is 9.47 Å². The van der Waals surface area contributed by atoms with Crippen molar-refractivity contribution in [3.05, 3.63) is 42.7 Å². The van der Waals surface area contributed by atoms with Crippen molar-refractivity contribution in [3.63, 3.8) is 0 Å². The molecule has 0 radical (unpaired) electrons. The Morgan fingerprint density at radius 2 is 1.67 bits per heavy atom. The maximum Gasteiger partial charge on any atom is 0.185 e. The smallest absolute Gasteiger partial charge is 0.185 e. The van der Waals surface area contributed by atoms with Gasteiger partial charge in [0.05, 0.1) is 9.50 Å². The third-order valence-electron chi connectivity index (χ3n) is 2.42. The van der Waals surface area contributed by atoms with Gasteiger partial charge in [0.1, 0.15) is 0 Å². The fraction of sp³-hybridized carbons (Fsp3) is 0. The first kappa shape index (κ1) is 12.8. The highest BCUT2D eigenvalue weighted by Gasteiger charge is 2.24. The van der Waals surface area contributed by atoms with E-state index < -0.39 is 0 Å². The molecule has 0 amide bonds. The fourth-order valence-electron chi connectivity index (χ4n) is 1.60. The average molecular weight is 455 g/mol. The minimum absolute atomic E-state index is 0.554. The molecule has 0 aliphatic carbocycles. The third-order valence-corrected chi connectivity index (χ3v) is 5.15. The lowest BCUT2D eigenvalue weighted by atomic mass is 10.2. The van der Waals surface area contributed by atoms with E-state index in [1.165, 1.54) is 0 Å². The second-order valence-electron chi connectivity index (χ2n) is 3.61. The van der Waals surface area contributed by atoms with Gasteiger partial charge in [-0.2, -0.15) is 0 Å². The van der Waals surface area contributed by atoms with E-state index >= 15 is 0 Å². The van der Waals surface area contributed by atoms with Crippen molar-refractivity contribution in [2.75, 3.05) is 0 Å². The molecule has 2 nitrogen and oxygen atoms in total. The van der Waals surface area contributed by atoms with Crippen molar-refractivity contribution >= 4 is 59.4 Å². The number of halogens is 4. The molecule has 0 atom stereocenters. The van der Waals surface area contributed by atoms with Crippen LogP contribution in [-0.2, 0) is 0 Å². The van der Waals surface area contributed by atoms with E-state index in [1.54, 1.807) is 6.07 Å². The van der Waals surface area contributed by atoms with E-state index in [9.17, 15) is 0 Å². The van der Waals surface area contributed by atoms with Gasteiger partial charge in [0.25, 0.3) is 0 Å². The third kappa shape index (κ3) is 2.07. The molecular weight excluding hydrogens is 451 g/mol. The molecule has 0 fully saturated rings. The lowest BCUT2D eigenvalue weighted by Crippen LogP contribution is -2.00. The maximum atomic E-state index is 6.13. The zero-order valence-corrected chi connectivity index (χ0v) is 14.2. The van der Waals surface area contributed by atoms with E-state index in [0.29, 0.717) is 32.5 Å². The maximum absolute atomic E-state index is 6.13.